The van der Waals surface area contributed by atoms with Crippen LogP contribution in [0.2, 0.25) is 0 Å². The smallest absolute Gasteiger partial charge is 0.191 e. The maximum absolute atomic E-state index is 10.9. The molecule has 1 aromatic heterocycles. The standard InChI is InChI=1S/C7H6BrNO.C2H6/c8-5-7(10)6-3-1-2-4-9-6;1-2/h1-4H,5H2;1-2H3. The van der Waals surface area contributed by atoms with Gasteiger partial charge in [-0.15, -0.1) is 0 Å². The molecule has 1 aromatic rings. The molecule has 66 valence electrons. The molecule has 0 unspecified atom stereocenters. The van der Waals surface area contributed by atoms with E-state index in [9.17, 15) is 4.79 Å². The van der Waals surface area contributed by atoms with Gasteiger partial charge in [-0.2, -0.15) is 0 Å². The Kier molecular flexibility index (Phi) is 6.57. The molecule has 1 heterocycles. The van der Waals surface area contributed by atoms with Gasteiger partial charge in [-0.3, -0.25) is 9.78 Å². The Bertz CT molecular complexity index is 223. The van der Waals surface area contributed by atoms with Gasteiger partial charge >= 0.3 is 0 Å². The first-order chi connectivity index (χ1) is 5.84. The van der Waals surface area contributed by atoms with E-state index < -0.39 is 0 Å². The highest BCUT2D eigenvalue weighted by molar-refractivity contribution is 9.09. The van der Waals surface area contributed by atoms with Crippen molar-refractivity contribution in [2.45, 2.75) is 13.8 Å². The van der Waals surface area contributed by atoms with Crippen molar-refractivity contribution in [1.82, 2.24) is 4.98 Å². The quantitative estimate of drug-likeness (QED) is 0.577. The fourth-order valence-electron chi connectivity index (χ4n) is 0.596. The first-order valence-electron chi connectivity index (χ1n) is 3.85. The highest BCUT2D eigenvalue weighted by Gasteiger charge is 2.01. The van der Waals surface area contributed by atoms with E-state index in [0.717, 1.165) is 0 Å². The maximum atomic E-state index is 10.9. The molecule has 0 fully saturated rings. The van der Waals surface area contributed by atoms with Crippen LogP contribution in [0.5, 0.6) is 0 Å². The van der Waals surface area contributed by atoms with Gasteiger partial charge in [0.05, 0.1) is 5.33 Å². The molecule has 0 aromatic carbocycles. The van der Waals surface area contributed by atoms with Crippen LogP contribution in [-0.2, 0) is 0 Å². The van der Waals surface area contributed by atoms with Crippen LogP contribution in [0.4, 0.5) is 0 Å². The Hall–Kier alpha value is -0.700. The predicted octanol–water partition coefficient (Wildman–Crippen LogP) is 2.69. The molecule has 1 rings (SSSR count). The van der Waals surface area contributed by atoms with Crippen molar-refractivity contribution in [2.75, 3.05) is 5.33 Å². The van der Waals surface area contributed by atoms with Crippen LogP contribution >= 0.6 is 15.9 Å². The number of ketones is 1. The van der Waals surface area contributed by atoms with Crippen LogP contribution < -0.4 is 0 Å². The molecule has 0 saturated carbocycles. The summed E-state index contributed by atoms with van der Waals surface area (Å²) in [4.78, 5) is 14.8. The molecule has 0 spiro atoms. The number of hydrogen-bond acceptors (Lipinski definition) is 2. The molecule has 12 heavy (non-hydrogen) atoms. The Morgan fingerprint density at radius 3 is 2.58 bits per heavy atom. The molecule has 0 aliphatic rings. The maximum Gasteiger partial charge on any atom is 0.191 e. The van der Waals surface area contributed by atoms with Crippen molar-refractivity contribution < 1.29 is 4.79 Å². The van der Waals surface area contributed by atoms with E-state index >= 15 is 0 Å². The van der Waals surface area contributed by atoms with Crippen LogP contribution in [0.3, 0.4) is 0 Å². The van der Waals surface area contributed by atoms with Gasteiger partial charge < -0.3 is 0 Å². The fourth-order valence-corrected chi connectivity index (χ4v) is 0.883. The van der Waals surface area contributed by atoms with E-state index in [2.05, 4.69) is 20.9 Å². The second kappa shape index (κ2) is 6.98. The van der Waals surface area contributed by atoms with Crippen molar-refractivity contribution in [3.63, 3.8) is 0 Å². The largest absolute Gasteiger partial charge is 0.291 e. The highest BCUT2D eigenvalue weighted by atomic mass is 79.9. The van der Waals surface area contributed by atoms with E-state index in [1.165, 1.54) is 0 Å². The zero-order valence-electron chi connectivity index (χ0n) is 7.25. The van der Waals surface area contributed by atoms with Gasteiger partial charge in [-0.25, -0.2) is 0 Å². The van der Waals surface area contributed by atoms with Crippen LogP contribution in [0.15, 0.2) is 24.4 Å². The molecule has 0 atom stereocenters. The number of pyridine rings is 1. The molecular weight excluding hydrogens is 218 g/mol. The number of Topliss-reactive ketones (excluding diaryl/α,β-unsaturated/α-hetero) is 1. The van der Waals surface area contributed by atoms with Crippen molar-refractivity contribution in [2.24, 2.45) is 0 Å². The van der Waals surface area contributed by atoms with E-state index in [4.69, 9.17) is 0 Å². The van der Waals surface area contributed by atoms with Crippen LogP contribution in [0.25, 0.3) is 0 Å². The lowest BCUT2D eigenvalue weighted by Gasteiger charge is -1.91. The summed E-state index contributed by atoms with van der Waals surface area (Å²) >= 11 is 3.06. The van der Waals surface area contributed by atoms with Crippen molar-refractivity contribution in [1.29, 1.82) is 0 Å². The van der Waals surface area contributed by atoms with Gasteiger partial charge in [0, 0.05) is 6.20 Å². The second-order valence-electron chi connectivity index (χ2n) is 1.77. The minimum absolute atomic E-state index is 0.0144. The Morgan fingerprint density at radius 2 is 2.17 bits per heavy atom. The van der Waals surface area contributed by atoms with Crippen LogP contribution in [-0.4, -0.2) is 16.1 Å². The van der Waals surface area contributed by atoms with Gasteiger partial charge in [0.15, 0.2) is 5.78 Å². The summed E-state index contributed by atoms with van der Waals surface area (Å²) in [5.74, 6) is 0.0144. The van der Waals surface area contributed by atoms with Gasteiger partial charge in [0.2, 0.25) is 0 Å². The lowest BCUT2D eigenvalue weighted by atomic mass is 10.3. The summed E-state index contributed by atoms with van der Waals surface area (Å²) in [5.41, 5.74) is 0.513. The predicted molar refractivity (Wildman–Crippen MR) is 53.7 cm³/mol. The number of hydrogen-bond donors (Lipinski definition) is 0. The monoisotopic (exact) mass is 229 g/mol. The minimum atomic E-state index is 0.0144. The van der Waals surface area contributed by atoms with Gasteiger partial charge in [-0.05, 0) is 12.1 Å². The van der Waals surface area contributed by atoms with Crippen molar-refractivity contribution in [3.05, 3.63) is 30.1 Å². The molecule has 0 bridgehead atoms. The first kappa shape index (κ1) is 11.3. The van der Waals surface area contributed by atoms with Gasteiger partial charge in [0.25, 0.3) is 0 Å². The van der Waals surface area contributed by atoms with E-state index in [1.807, 2.05) is 13.8 Å². The molecular formula is C9H12BrNO. The van der Waals surface area contributed by atoms with E-state index in [1.54, 1.807) is 24.4 Å². The number of alkyl halides is 1. The number of rotatable bonds is 2. The minimum Gasteiger partial charge on any atom is -0.291 e. The Labute approximate surface area is 81.1 Å². The molecule has 0 aliphatic heterocycles. The Balaban J connectivity index is 0.000000561. The molecule has 3 heteroatoms. The van der Waals surface area contributed by atoms with E-state index in [-0.39, 0.29) is 5.78 Å². The average Bonchev–Trinajstić information content (AvgIpc) is 2.21. The lowest BCUT2D eigenvalue weighted by Crippen LogP contribution is -2.01. The zero-order valence-corrected chi connectivity index (χ0v) is 8.84. The van der Waals surface area contributed by atoms with E-state index in [0.29, 0.717) is 11.0 Å². The van der Waals surface area contributed by atoms with Crippen molar-refractivity contribution in [3.8, 4) is 0 Å². The first-order valence-corrected chi connectivity index (χ1v) is 4.97. The van der Waals surface area contributed by atoms with Gasteiger partial charge in [-0.1, -0.05) is 35.8 Å². The molecule has 0 radical (unpaired) electrons. The summed E-state index contributed by atoms with van der Waals surface area (Å²) in [6.07, 6.45) is 1.61. The number of aromatic nitrogens is 1. The summed E-state index contributed by atoms with van der Waals surface area (Å²) in [6, 6.07) is 5.28. The SMILES string of the molecule is CC.O=C(CBr)c1ccccn1. The number of halogens is 1. The average molecular weight is 230 g/mol. The summed E-state index contributed by atoms with van der Waals surface area (Å²) in [7, 11) is 0. The van der Waals surface area contributed by atoms with Crippen molar-refractivity contribution >= 4 is 21.7 Å². The summed E-state index contributed by atoms with van der Waals surface area (Å²) in [6.45, 7) is 4.00. The number of nitrogens with zero attached hydrogens (tertiary/aromatic N) is 1. The van der Waals surface area contributed by atoms with Crippen LogP contribution in [0.1, 0.15) is 24.3 Å². The lowest BCUT2D eigenvalue weighted by molar-refractivity contribution is 0.101. The van der Waals surface area contributed by atoms with Gasteiger partial charge in [0.1, 0.15) is 5.69 Å². The number of carbonyl (C=O) groups excluding carboxylic acids is 1. The molecule has 0 saturated heterocycles. The molecule has 0 amide bonds. The molecule has 0 aliphatic carbocycles. The molecule has 0 N–H and O–H groups in total. The molecule has 2 nitrogen and oxygen atoms in total. The third-order valence-electron chi connectivity index (χ3n) is 1.07. The second-order valence-corrected chi connectivity index (χ2v) is 2.33. The third kappa shape index (κ3) is 3.62. The zero-order chi connectivity index (χ0) is 9.40. The Morgan fingerprint density at radius 1 is 1.50 bits per heavy atom. The normalized spacial score (nSPS) is 8.25. The van der Waals surface area contributed by atoms with Crippen LogP contribution in [0, 0.1) is 0 Å². The summed E-state index contributed by atoms with van der Waals surface area (Å²) < 4.78 is 0. The number of carbonyl (C=O) groups is 1. The summed E-state index contributed by atoms with van der Waals surface area (Å²) in [5, 5.41) is 0.337. The third-order valence-corrected chi connectivity index (χ3v) is 1.58. The highest BCUT2D eigenvalue weighted by Crippen LogP contribution is 1.96. The fraction of sp³-hybridized carbons (Fsp3) is 0.333. The topological polar surface area (TPSA) is 30.0 Å².